The average molecular weight is 491 g/mol. The van der Waals surface area contributed by atoms with Gasteiger partial charge in [-0.15, -0.1) is 0 Å². The minimum atomic E-state index is -4.97. The Morgan fingerprint density at radius 3 is 2.18 bits per heavy atom. The Morgan fingerprint density at radius 1 is 1.09 bits per heavy atom. The average Bonchev–Trinajstić information content (AvgIpc) is 2.77. The highest BCUT2D eigenvalue weighted by Crippen LogP contribution is 2.38. The molecule has 0 aromatic heterocycles. The van der Waals surface area contributed by atoms with Crippen LogP contribution in [0.3, 0.4) is 0 Å². The molecule has 4 N–H and O–H groups in total. The molecule has 1 fully saturated rings. The number of hydrogen-bond donors (Lipinski definition) is 3. The minimum Gasteiger partial charge on any atom is -0.479 e. The summed E-state index contributed by atoms with van der Waals surface area (Å²) < 4.78 is 84.9. The molecular weight excluding hydrogens is 468 g/mol. The van der Waals surface area contributed by atoms with E-state index in [2.05, 4.69) is 5.43 Å². The lowest BCUT2D eigenvalue weighted by Crippen LogP contribution is -2.58. The molecule has 6 nitrogen and oxygen atoms in total. The zero-order valence-electron chi connectivity index (χ0n) is 17.7. The molecule has 34 heavy (non-hydrogen) atoms. The number of halogens is 6. The number of benzene rings is 2. The Morgan fingerprint density at radius 2 is 1.68 bits per heavy atom. The van der Waals surface area contributed by atoms with Crippen LogP contribution in [-0.2, 0) is 28.5 Å². The molecule has 1 heterocycles. The number of carboxylic acid groups (broad SMARTS) is 1. The van der Waals surface area contributed by atoms with Gasteiger partial charge in [-0.2, -0.15) is 26.3 Å². The number of ether oxygens (including phenoxy) is 1. The van der Waals surface area contributed by atoms with E-state index < -0.39 is 54.4 Å². The summed E-state index contributed by atoms with van der Waals surface area (Å²) in [4.78, 5) is 13.3. The van der Waals surface area contributed by atoms with Gasteiger partial charge in [0.25, 0.3) is 0 Å². The lowest BCUT2D eigenvalue weighted by molar-refractivity contribution is -0.150. The van der Waals surface area contributed by atoms with Crippen LogP contribution in [-0.4, -0.2) is 34.8 Å². The van der Waals surface area contributed by atoms with Crippen LogP contribution < -0.4 is 11.3 Å². The zero-order chi connectivity index (χ0) is 25.1. The van der Waals surface area contributed by atoms with Gasteiger partial charge in [0.1, 0.15) is 0 Å². The SMILES string of the molecule is NNC(C(=O)O)N1CCC[C@H](OCc2cc(C(F)(F)F)cc(C(F)(F)F)c2)[C@@H]1c1ccccc1. The smallest absolute Gasteiger partial charge is 0.416 e. The molecule has 0 spiro atoms. The molecule has 2 aromatic carbocycles. The third-order valence-corrected chi connectivity index (χ3v) is 5.59. The maximum absolute atomic E-state index is 13.2. The van der Waals surface area contributed by atoms with Crippen molar-refractivity contribution in [1.82, 2.24) is 10.3 Å². The van der Waals surface area contributed by atoms with E-state index in [1.165, 1.54) is 0 Å². The molecular formula is C22H23F6N3O3. The maximum atomic E-state index is 13.2. The predicted molar refractivity (Wildman–Crippen MR) is 109 cm³/mol. The van der Waals surface area contributed by atoms with Gasteiger partial charge in [-0.3, -0.25) is 10.7 Å². The second kappa shape index (κ2) is 10.3. The van der Waals surface area contributed by atoms with Crippen molar-refractivity contribution in [3.63, 3.8) is 0 Å². The summed E-state index contributed by atoms with van der Waals surface area (Å²) in [6.07, 6.45) is -11.0. The summed E-state index contributed by atoms with van der Waals surface area (Å²) in [6.45, 7) is -0.189. The molecule has 0 aliphatic carbocycles. The summed E-state index contributed by atoms with van der Waals surface area (Å²) in [6, 6.07) is 9.33. The fraction of sp³-hybridized carbons (Fsp3) is 0.409. The van der Waals surface area contributed by atoms with Gasteiger partial charge in [0.15, 0.2) is 6.17 Å². The molecule has 1 aliphatic rings. The Bertz CT molecular complexity index is 952. The first-order valence-corrected chi connectivity index (χ1v) is 10.3. The number of alkyl halides is 6. The number of nitrogens with one attached hydrogen (secondary N) is 1. The van der Waals surface area contributed by atoms with Crippen molar-refractivity contribution >= 4 is 5.97 Å². The molecule has 3 rings (SSSR count). The summed E-state index contributed by atoms with van der Waals surface area (Å²) in [5, 5.41) is 9.56. The van der Waals surface area contributed by atoms with Gasteiger partial charge in [0.05, 0.1) is 29.9 Å². The van der Waals surface area contributed by atoms with E-state index in [1.807, 2.05) is 0 Å². The quantitative estimate of drug-likeness (QED) is 0.304. The highest BCUT2D eigenvalue weighted by Gasteiger charge is 2.40. The highest BCUT2D eigenvalue weighted by molar-refractivity contribution is 5.73. The number of hydrazine groups is 1. The van der Waals surface area contributed by atoms with Crippen LogP contribution in [0.15, 0.2) is 48.5 Å². The molecule has 0 radical (unpaired) electrons. The molecule has 0 bridgehead atoms. The Labute approximate surface area is 191 Å². The normalized spacial score (nSPS) is 20.8. The van der Waals surface area contributed by atoms with E-state index in [0.717, 1.165) is 0 Å². The van der Waals surface area contributed by atoms with Gasteiger partial charge in [0.2, 0.25) is 0 Å². The Balaban J connectivity index is 1.92. The van der Waals surface area contributed by atoms with Crippen molar-refractivity contribution in [2.24, 2.45) is 5.84 Å². The Hall–Kier alpha value is -2.67. The van der Waals surface area contributed by atoms with E-state index in [0.29, 0.717) is 37.1 Å². The van der Waals surface area contributed by atoms with Crippen LogP contribution in [0.25, 0.3) is 0 Å². The third-order valence-electron chi connectivity index (χ3n) is 5.59. The van der Waals surface area contributed by atoms with Crippen LogP contribution >= 0.6 is 0 Å². The van der Waals surface area contributed by atoms with Gasteiger partial charge in [-0.05, 0) is 42.2 Å². The first kappa shape index (κ1) is 25.9. The van der Waals surface area contributed by atoms with E-state index >= 15 is 0 Å². The number of likely N-dealkylation sites (tertiary alicyclic amines) is 1. The van der Waals surface area contributed by atoms with Crippen LogP contribution in [0.1, 0.15) is 41.1 Å². The summed E-state index contributed by atoms with van der Waals surface area (Å²) in [7, 11) is 0. The number of nitrogens with two attached hydrogens (primary N) is 1. The fourth-order valence-electron chi connectivity index (χ4n) is 4.12. The van der Waals surface area contributed by atoms with Crippen LogP contribution in [0.5, 0.6) is 0 Å². The van der Waals surface area contributed by atoms with Crippen LogP contribution in [0, 0.1) is 0 Å². The van der Waals surface area contributed by atoms with Gasteiger partial charge < -0.3 is 9.84 Å². The van der Waals surface area contributed by atoms with Crippen LogP contribution in [0.4, 0.5) is 26.3 Å². The number of nitrogens with zero attached hydrogens (tertiary/aromatic N) is 1. The largest absolute Gasteiger partial charge is 0.479 e. The standard InChI is InChI=1S/C22H23F6N3O3/c23-21(24,25)15-9-13(10-16(11-15)22(26,27)28)12-34-17-7-4-8-31(19(30-29)20(32)33)18(17)14-5-2-1-3-6-14/h1-3,5-6,9-11,17-19,30H,4,7-8,12,29H2,(H,32,33)/t17-,18-,19?/m0/s1. The van der Waals surface area contributed by atoms with Crippen molar-refractivity contribution in [3.8, 4) is 0 Å². The third kappa shape index (κ3) is 6.06. The first-order valence-electron chi connectivity index (χ1n) is 10.3. The fourth-order valence-corrected chi connectivity index (χ4v) is 4.12. The molecule has 3 atom stereocenters. The minimum absolute atomic E-state index is 0.0585. The lowest BCUT2D eigenvalue weighted by atomic mass is 9.91. The van der Waals surface area contributed by atoms with Gasteiger partial charge in [-0.1, -0.05) is 30.3 Å². The summed E-state index contributed by atoms with van der Waals surface area (Å²) in [5.41, 5.74) is -0.238. The number of aliphatic carboxylic acids is 1. The molecule has 0 amide bonds. The van der Waals surface area contributed by atoms with Crippen molar-refractivity contribution in [2.45, 2.75) is 50.1 Å². The number of carbonyl (C=O) groups is 1. The predicted octanol–water partition coefficient (Wildman–Crippen LogP) is 4.32. The molecule has 186 valence electrons. The second-order valence-electron chi connectivity index (χ2n) is 7.91. The highest BCUT2D eigenvalue weighted by atomic mass is 19.4. The molecule has 1 aliphatic heterocycles. The molecule has 0 saturated carbocycles. The number of carboxylic acids is 1. The number of piperidine rings is 1. The van der Waals surface area contributed by atoms with Crippen molar-refractivity contribution in [3.05, 3.63) is 70.8 Å². The van der Waals surface area contributed by atoms with Crippen molar-refractivity contribution in [2.75, 3.05) is 6.54 Å². The van der Waals surface area contributed by atoms with E-state index in [1.54, 1.807) is 35.2 Å². The number of hydrogen-bond acceptors (Lipinski definition) is 5. The van der Waals surface area contributed by atoms with Crippen molar-refractivity contribution in [1.29, 1.82) is 0 Å². The molecule has 1 unspecified atom stereocenters. The second-order valence-corrected chi connectivity index (χ2v) is 7.91. The molecule has 1 saturated heterocycles. The summed E-state index contributed by atoms with van der Waals surface area (Å²) >= 11 is 0. The zero-order valence-corrected chi connectivity index (χ0v) is 17.7. The maximum Gasteiger partial charge on any atom is 0.416 e. The molecule has 2 aromatic rings. The van der Waals surface area contributed by atoms with Gasteiger partial charge in [0, 0.05) is 6.54 Å². The summed E-state index contributed by atoms with van der Waals surface area (Å²) in [5.74, 6) is 4.20. The first-order chi connectivity index (χ1) is 15.9. The number of rotatable bonds is 7. The van der Waals surface area contributed by atoms with Gasteiger partial charge >= 0.3 is 18.3 Å². The topological polar surface area (TPSA) is 87.8 Å². The van der Waals surface area contributed by atoms with E-state index in [9.17, 15) is 36.2 Å². The lowest BCUT2D eigenvalue weighted by Gasteiger charge is -2.43. The van der Waals surface area contributed by atoms with E-state index in [4.69, 9.17) is 10.6 Å². The van der Waals surface area contributed by atoms with E-state index in [-0.39, 0.29) is 11.6 Å². The van der Waals surface area contributed by atoms with Gasteiger partial charge in [-0.25, -0.2) is 10.2 Å². The monoisotopic (exact) mass is 491 g/mol. The molecule has 12 heteroatoms. The van der Waals surface area contributed by atoms with Crippen molar-refractivity contribution < 1.29 is 41.0 Å². The van der Waals surface area contributed by atoms with Crippen LogP contribution in [0.2, 0.25) is 0 Å². The Kier molecular flexibility index (Phi) is 7.86.